The average Bonchev–Trinajstić information content (AvgIpc) is 3.31. The van der Waals surface area contributed by atoms with Crippen LogP contribution in [0.15, 0.2) is 42.5 Å². The Bertz CT molecular complexity index is 1330. The van der Waals surface area contributed by atoms with Crippen LogP contribution in [0.25, 0.3) is 0 Å². The van der Waals surface area contributed by atoms with Crippen LogP contribution < -0.4 is 26.4 Å². The molecule has 1 heterocycles. The van der Waals surface area contributed by atoms with Crippen molar-refractivity contribution < 1.29 is 19.1 Å². The Morgan fingerprint density at radius 2 is 1.76 bits per heavy atom. The van der Waals surface area contributed by atoms with Crippen molar-refractivity contribution in [3.8, 4) is 5.75 Å². The highest BCUT2D eigenvalue weighted by molar-refractivity contribution is 7.09. The van der Waals surface area contributed by atoms with Crippen LogP contribution in [0, 0.1) is 13.8 Å². The van der Waals surface area contributed by atoms with Gasteiger partial charge in [0.2, 0.25) is 5.91 Å². The second-order valence-corrected chi connectivity index (χ2v) is 10.3. The van der Waals surface area contributed by atoms with Gasteiger partial charge in [-0.05, 0) is 73.1 Å². The van der Waals surface area contributed by atoms with E-state index in [1.54, 1.807) is 37.4 Å². The molecule has 2 aromatic carbocycles. The van der Waals surface area contributed by atoms with Crippen molar-refractivity contribution in [2.24, 2.45) is 5.73 Å². The van der Waals surface area contributed by atoms with Gasteiger partial charge in [-0.1, -0.05) is 43.5 Å². The summed E-state index contributed by atoms with van der Waals surface area (Å²) in [5.74, 6) is -1.03. The van der Waals surface area contributed by atoms with E-state index in [1.165, 1.54) is 4.90 Å². The summed E-state index contributed by atoms with van der Waals surface area (Å²) >= 11 is 0.793. The third-order valence-electron chi connectivity index (χ3n) is 7.10. The summed E-state index contributed by atoms with van der Waals surface area (Å²) in [4.78, 5) is 41.6. The fraction of sp³-hybridized carbons (Fsp3) is 0.357. The van der Waals surface area contributed by atoms with E-state index in [2.05, 4.69) is 9.69 Å². The first-order chi connectivity index (χ1) is 18.2. The van der Waals surface area contributed by atoms with Gasteiger partial charge in [0.25, 0.3) is 11.8 Å². The van der Waals surface area contributed by atoms with E-state index in [4.69, 9.17) is 16.2 Å². The summed E-state index contributed by atoms with van der Waals surface area (Å²) in [7, 11) is 1.57. The van der Waals surface area contributed by atoms with Gasteiger partial charge in [0.1, 0.15) is 16.7 Å². The lowest BCUT2D eigenvalue weighted by molar-refractivity contribution is -0.123. The molecule has 1 aliphatic carbocycles. The van der Waals surface area contributed by atoms with Crippen LogP contribution in [-0.4, -0.2) is 35.2 Å². The SMILES string of the molecule is COc1ccc(C(C(=O)NC2CCCCC2)N(C(=O)c2snc(C(N)=O)c2N)c2cccc(C)c2C)cc1. The second-order valence-electron chi connectivity index (χ2n) is 9.55. The third kappa shape index (κ3) is 5.50. The summed E-state index contributed by atoms with van der Waals surface area (Å²) in [5.41, 5.74) is 14.3. The molecule has 0 bridgehead atoms. The number of nitrogen functional groups attached to an aromatic ring is 1. The van der Waals surface area contributed by atoms with E-state index < -0.39 is 17.9 Å². The Morgan fingerprint density at radius 3 is 2.37 bits per heavy atom. The number of aromatic nitrogens is 1. The van der Waals surface area contributed by atoms with Gasteiger partial charge < -0.3 is 21.5 Å². The van der Waals surface area contributed by atoms with Gasteiger partial charge in [-0.2, -0.15) is 4.37 Å². The van der Waals surface area contributed by atoms with Crippen LogP contribution in [0.3, 0.4) is 0 Å². The molecule has 0 saturated heterocycles. The molecule has 1 fully saturated rings. The van der Waals surface area contributed by atoms with Crippen molar-refractivity contribution >= 4 is 40.6 Å². The number of ether oxygens (including phenoxy) is 1. The minimum Gasteiger partial charge on any atom is -0.497 e. The van der Waals surface area contributed by atoms with E-state index in [1.807, 2.05) is 26.0 Å². The number of benzene rings is 2. The molecule has 5 N–H and O–H groups in total. The lowest BCUT2D eigenvalue weighted by atomic mass is 9.94. The van der Waals surface area contributed by atoms with Gasteiger partial charge in [-0.25, -0.2) is 0 Å². The van der Waals surface area contributed by atoms with E-state index in [9.17, 15) is 14.4 Å². The molecule has 1 unspecified atom stereocenters. The number of amides is 3. The molecule has 1 saturated carbocycles. The molecule has 1 aliphatic rings. The average molecular weight is 536 g/mol. The smallest absolute Gasteiger partial charge is 0.273 e. The van der Waals surface area contributed by atoms with Crippen LogP contribution in [0.2, 0.25) is 0 Å². The van der Waals surface area contributed by atoms with Crippen molar-refractivity contribution in [1.82, 2.24) is 9.69 Å². The number of anilines is 2. The van der Waals surface area contributed by atoms with E-state index >= 15 is 0 Å². The quantitative estimate of drug-likeness (QED) is 0.393. The van der Waals surface area contributed by atoms with Crippen LogP contribution in [0.4, 0.5) is 11.4 Å². The maximum atomic E-state index is 14.3. The van der Waals surface area contributed by atoms with Gasteiger partial charge in [-0.15, -0.1) is 0 Å². The summed E-state index contributed by atoms with van der Waals surface area (Å²) in [6.07, 6.45) is 5.02. The first-order valence-electron chi connectivity index (χ1n) is 12.6. The number of carbonyl (C=O) groups is 3. The fourth-order valence-electron chi connectivity index (χ4n) is 4.83. The normalized spacial score (nSPS) is 14.5. The molecule has 1 atom stereocenters. The first kappa shape index (κ1) is 27.1. The Morgan fingerprint density at radius 1 is 1.08 bits per heavy atom. The summed E-state index contributed by atoms with van der Waals surface area (Å²) in [6.45, 7) is 3.85. The molecule has 0 radical (unpaired) electrons. The minimum absolute atomic E-state index is 0.0301. The highest BCUT2D eigenvalue weighted by atomic mass is 32.1. The van der Waals surface area contributed by atoms with Gasteiger partial charge in [0.15, 0.2) is 5.69 Å². The molecule has 0 aliphatic heterocycles. The maximum Gasteiger partial charge on any atom is 0.273 e. The van der Waals surface area contributed by atoms with E-state index in [-0.39, 0.29) is 28.2 Å². The Hall–Kier alpha value is -3.92. The predicted molar refractivity (Wildman–Crippen MR) is 149 cm³/mol. The van der Waals surface area contributed by atoms with Gasteiger partial charge in [0, 0.05) is 11.7 Å². The molecule has 38 heavy (non-hydrogen) atoms. The monoisotopic (exact) mass is 535 g/mol. The van der Waals surface area contributed by atoms with Gasteiger partial charge in [0.05, 0.1) is 12.8 Å². The molecule has 4 rings (SSSR count). The van der Waals surface area contributed by atoms with Crippen molar-refractivity contribution in [3.05, 3.63) is 69.7 Å². The Balaban J connectivity index is 1.88. The number of primary amides is 1. The highest BCUT2D eigenvalue weighted by Gasteiger charge is 2.37. The van der Waals surface area contributed by atoms with Crippen molar-refractivity contribution in [3.63, 3.8) is 0 Å². The largest absolute Gasteiger partial charge is 0.497 e. The number of hydrogen-bond donors (Lipinski definition) is 3. The number of nitrogens with two attached hydrogens (primary N) is 2. The maximum absolute atomic E-state index is 14.3. The minimum atomic E-state index is -1.02. The lowest BCUT2D eigenvalue weighted by Gasteiger charge is -2.34. The predicted octanol–water partition coefficient (Wildman–Crippen LogP) is 4.29. The fourth-order valence-corrected chi connectivity index (χ4v) is 5.57. The lowest BCUT2D eigenvalue weighted by Crippen LogP contribution is -2.47. The Labute approximate surface area is 226 Å². The summed E-state index contributed by atoms with van der Waals surface area (Å²) < 4.78 is 9.34. The highest BCUT2D eigenvalue weighted by Crippen LogP contribution is 2.36. The zero-order valence-electron chi connectivity index (χ0n) is 21.8. The van der Waals surface area contributed by atoms with Crippen molar-refractivity contribution in [1.29, 1.82) is 0 Å². The van der Waals surface area contributed by atoms with Crippen LogP contribution in [-0.2, 0) is 4.79 Å². The summed E-state index contributed by atoms with van der Waals surface area (Å²) in [6, 6.07) is 11.7. The topological polar surface area (TPSA) is 141 Å². The van der Waals surface area contributed by atoms with Crippen molar-refractivity contribution in [2.75, 3.05) is 17.7 Å². The van der Waals surface area contributed by atoms with Crippen LogP contribution in [0.1, 0.15) is 75.0 Å². The molecule has 9 nitrogen and oxygen atoms in total. The third-order valence-corrected chi connectivity index (χ3v) is 7.95. The number of methoxy groups -OCH3 is 1. The first-order valence-corrected chi connectivity index (χ1v) is 13.4. The van der Waals surface area contributed by atoms with Gasteiger partial charge >= 0.3 is 0 Å². The van der Waals surface area contributed by atoms with Crippen molar-refractivity contribution in [2.45, 2.75) is 58.0 Å². The molecule has 3 aromatic rings. The second kappa shape index (κ2) is 11.6. The molecule has 1 aromatic heterocycles. The zero-order valence-corrected chi connectivity index (χ0v) is 22.6. The molecule has 0 spiro atoms. The molecule has 3 amide bonds. The number of rotatable bonds is 8. The molecular weight excluding hydrogens is 502 g/mol. The number of carbonyl (C=O) groups excluding carboxylic acids is 3. The standard InChI is InChI=1S/C28H33N5O4S/c1-16-8-7-11-21(17(16)2)33(28(36)25-22(29)23(26(30)34)32-38-25)24(18-12-14-20(37-3)15-13-18)27(35)31-19-9-5-4-6-10-19/h7-8,11-15,19,24H,4-6,9-10,29H2,1-3H3,(H2,30,34)(H,31,35). The molecule has 10 heteroatoms. The zero-order chi connectivity index (χ0) is 27.4. The van der Waals surface area contributed by atoms with Crippen LogP contribution in [0.5, 0.6) is 5.75 Å². The number of nitrogens with one attached hydrogen (secondary N) is 1. The van der Waals surface area contributed by atoms with Crippen LogP contribution >= 0.6 is 11.5 Å². The molecular formula is C28H33N5O4S. The van der Waals surface area contributed by atoms with Gasteiger partial charge in [-0.3, -0.25) is 19.3 Å². The Kier molecular flexibility index (Phi) is 8.31. The number of hydrogen-bond acceptors (Lipinski definition) is 7. The van der Waals surface area contributed by atoms with E-state index in [0.29, 0.717) is 17.0 Å². The molecule has 200 valence electrons. The summed E-state index contributed by atoms with van der Waals surface area (Å²) in [5, 5.41) is 3.19. The number of aryl methyl sites for hydroxylation is 1. The number of nitrogens with zero attached hydrogens (tertiary/aromatic N) is 2. The van der Waals surface area contributed by atoms with E-state index in [0.717, 1.165) is 54.8 Å².